The van der Waals surface area contributed by atoms with Crippen LogP contribution in [0.15, 0.2) is 18.2 Å². The maximum Gasteiger partial charge on any atom is 0.340 e. The number of anilines is 2. The fourth-order valence-electron chi connectivity index (χ4n) is 1.39. The highest BCUT2D eigenvalue weighted by Gasteiger charge is 2.10. The maximum atomic E-state index is 11.4. The molecular weight excluding hydrogens is 234 g/mol. The molecule has 0 saturated carbocycles. The molecule has 0 fully saturated rings. The molecule has 0 heterocycles. The highest BCUT2D eigenvalue weighted by Crippen LogP contribution is 2.18. The van der Waals surface area contributed by atoms with E-state index in [0.717, 1.165) is 0 Å². The first-order chi connectivity index (χ1) is 8.58. The van der Waals surface area contributed by atoms with Crippen molar-refractivity contribution >= 4 is 23.3 Å². The summed E-state index contributed by atoms with van der Waals surface area (Å²) in [7, 11) is 1.29. The van der Waals surface area contributed by atoms with Gasteiger partial charge in [0.15, 0.2) is 0 Å². The first kappa shape index (κ1) is 13.8. The second kappa shape index (κ2) is 6.48. The van der Waals surface area contributed by atoms with Crippen molar-refractivity contribution < 1.29 is 14.3 Å². The molecule has 1 rings (SSSR count). The molecule has 0 aliphatic heterocycles. The minimum Gasteiger partial charge on any atom is -0.465 e. The van der Waals surface area contributed by atoms with E-state index >= 15 is 0 Å². The normalized spacial score (nSPS) is 9.67. The van der Waals surface area contributed by atoms with E-state index in [0.29, 0.717) is 17.9 Å². The topological polar surface area (TPSA) is 93.5 Å². The van der Waals surface area contributed by atoms with Gasteiger partial charge in [-0.05, 0) is 25.1 Å². The molecule has 0 bridgehead atoms. The lowest BCUT2D eigenvalue weighted by molar-refractivity contribution is -0.119. The molecule has 6 nitrogen and oxygen atoms in total. The Labute approximate surface area is 105 Å². The fourth-order valence-corrected chi connectivity index (χ4v) is 1.39. The molecular formula is C12H17N3O3. The van der Waals surface area contributed by atoms with Crippen LogP contribution in [-0.2, 0) is 9.53 Å². The van der Waals surface area contributed by atoms with Crippen LogP contribution in [0.5, 0.6) is 0 Å². The summed E-state index contributed by atoms with van der Waals surface area (Å²) in [6.45, 7) is 2.56. The lowest BCUT2D eigenvalue weighted by Gasteiger charge is -2.09. The lowest BCUT2D eigenvalue weighted by Crippen LogP contribution is -2.29. The zero-order chi connectivity index (χ0) is 13.5. The number of hydrogen-bond donors (Lipinski definition) is 3. The van der Waals surface area contributed by atoms with Crippen molar-refractivity contribution in [1.29, 1.82) is 0 Å². The zero-order valence-corrected chi connectivity index (χ0v) is 10.4. The molecule has 4 N–H and O–H groups in total. The quantitative estimate of drug-likeness (QED) is 0.526. The molecule has 0 unspecified atom stereocenters. The summed E-state index contributed by atoms with van der Waals surface area (Å²) in [5.41, 5.74) is 6.91. The van der Waals surface area contributed by atoms with E-state index in [9.17, 15) is 9.59 Å². The standard InChI is InChI=1S/C12H17N3O3/c1-3-14-11(16)7-15-8-4-5-10(13)9(6-8)12(17)18-2/h4-6,15H,3,7,13H2,1-2H3,(H,14,16). The zero-order valence-electron chi connectivity index (χ0n) is 10.4. The minimum absolute atomic E-state index is 0.117. The van der Waals surface area contributed by atoms with Crippen molar-refractivity contribution in [1.82, 2.24) is 5.32 Å². The van der Waals surface area contributed by atoms with Crippen LogP contribution < -0.4 is 16.4 Å². The second-order valence-corrected chi connectivity index (χ2v) is 3.60. The molecule has 1 amide bonds. The predicted octanol–water partition coefficient (Wildman–Crippen LogP) is 0.603. The first-order valence-electron chi connectivity index (χ1n) is 5.57. The van der Waals surface area contributed by atoms with Crippen molar-refractivity contribution in [2.75, 3.05) is 31.2 Å². The number of ether oxygens (including phenoxy) is 1. The van der Waals surface area contributed by atoms with Crippen molar-refractivity contribution in [2.45, 2.75) is 6.92 Å². The third-order valence-electron chi connectivity index (χ3n) is 2.29. The van der Waals surface area contributed by atoms with E-state index in [1.165, 1.54) is 7.11 Å². The molecule has 0 radical (unpaired) electrons. The van der Waals surface area contributed by atoms with E-state index in [1.807, 2.05) is 6.92 Å². The third-order valence-corrected chi connectivity index (χ3v) is 2.29. The van der Waals surface area contributed by atoms with Crippen LogP contribution in [0.2, 0.25) is 0 Å². The fraction of sp³-hybridized carbons (Fsp3) is 0.333. The number of esters is 1. The molecule has 1 aromatic carbocycles. The van der Waals surface area contributed by atoms with Crippen molar-refractivity contribution in [3.8, 4) is 0 Å². The number of methoxy groups -OCH3 is 1. The number of nitrogen functional groups attached to an aromatic ring is 1. The van der Waals surface area contributed by atoms with Gasteiger partial charge in [-0.25, -0.2) is 4.79 Å². The van der Waals surface area contributed by atoms with Gasteiger partial charge in [-0.3, -0.25) is 4.79 Å². The van der Waals surface area contributed by atoms with Crippen LogP contribution in [0.3, 0.4) is 0 Å². The van der Waals surface area contributed by atoms with E-state index in [-0.39, 0.29) is 18.0 Å². The molecule has 0 aliphatic rings. The highest BCUT2D eigenvalue weighted by atomic mass is 16.5. The molecule has 0 atom stereocenters. The molecule has 18 heavy (non-hydrogen) atoms. The van der Waals surface area contributed by atoms with Crippen molar-refractivity contribution in [3.63, 3.8) is 0 Å². The van der Waals surface area contributed by atoms with Crippen molar-refractivity contribution in [2.24, 2.45) is 0 Å². The van der Waals surface area contributed by atoms with E-state index < -0.39 is 5.97 Å². The number of hydrogen-bond acceptors (Lipinski definition) is 5. The number of carbonyl (C=O) groups excluding carboxylic acids is 2. The van der Waals surface area contributed by atoms with Gasteiger partial charge >= 0.3 is 5.97 Å². The second-order valence-electron chi connectivity index (χ2n) is 3.60. The van der Waals surface area contributed by atoms with Gasteiger partial charge in [0.25, 0.3) is 0 Å². The first-order valence-corrected chi connectivity index (χ1v) is 5.57. The summed E-state index contributed by atoms with van der Waals surface area (Å²) in [6, 6.07) is 4.84. The molecule has 0 aromatic heterocycles. The van der Waals surface area contributed by atoms with E-state index in [2.05, 4.69) is 15.4 Å². The van der Waals surface area contributed by atoms with E-state index in [4.69, 9.17) is 5.73 Å². The van der Waals surface area contributed by atoms with Gasteiger partial charge in [-0.1, -0.05) is 0 Å². The monoisotopic (exact) mass is 251 g/mol. The Morgan fingerprint density at radius 3 is 2.72 bits per heavy atom. The van der Waals surface area contributed by atoms with Crippen LogP contribution >= 0.6 is 0 Å². The third kappa shape index (κ3) is 3.65. The minimum atomic E-state index is -0.505. The average molecular weight is 251 g/mol. The number of nitrogens with two attached hydrogens (primary N) is 1. The van der Waals surface area contributed by atoms with Crippen LogP contribution in [0.1, 0.15) is 17.3 Å². The molecule has 0 aliphatic carbocycles. The van der Waals surface area contributed by atoms with Gasteiger partial charge < -0.3 is 21.1 Å². The highest BCUT2D eigenvalue weighted by molar-refractivity contribution is 5.96. The number of likely N-dealkylation sites (N-methyl/N-ethyl adjacent to an activating group) is 1. The molecule has 0 spiro atoms. The molecule has 0 saturated heterocycles. The number of rotatable bonds is 5. The Morgan fingerprint density at radius 2 is 2.11 bits per heavy atom. The van der Waals surface area contributed by atoms with Crippen molar-refractivity contribution in [3.05, 3.63) is 23.8 Å². The summed E-state index contributed by atoms with van der Waals surface area (Å²) in [5.74, 6) is -0.622. The van der Waals surface area contributed by atoms with Crippen LogP contribution in [0, 0.1) is 0 Å². The van der Waals surface area contributed by atoms with E-state index in [1.54, 1.807) is 18.2 Å². The van der Waals surface area contributed by atoms with Crippen LogP contribution in [0.4, 0.5) is 11.4 Å². The number of nitrogens with one attached hydrogen (secondary N) is 2. The molecule has 98 valence electrons. The smallest absolute Gasteiger partial charge is 0.340 e. The number of amides is 1. The molecule has 6 heteroatoms. The molecule has 1 aromatic rings. The van der Waals surface area contributed by atoms with Gasteiger partial charge in [0.05, 0.1) is 19.2 Å². The largest absolute Gasteiger partial charge is 0.465 e. The summed E-state index contributed by atoms with van der Waals surface area (Å²) < 4.78 is 4.61. The van der Waals surface area contributed by atoms with Gasteiger partial charge in [0.1, 0.15) is 0 Å². The Hall–Kier alpha value is -2.24. The van der Waals surface area contributed by atoms with Crippen LogP contribution in [-0.4, -0.2) is 32.1 Å². The lowest BCUT2D eigenvalue weighted by atomic mass is 10.1. The Bertz CT molecular complexity index is 446. The Kier molecular flexibility index (Phi) is 4.98. The maximum absolute atomic E-state index is 11.4. The van der Waals surface area contributed by atoms with Crippen LogP contribution in [0.25, 0.3) is 0 Å². The predicted molar refractivity (Wildman–Crippen MR) is 69.4 cm³/mol. The summed E-state index contributed by atoms with van der Waals surface area (Å²) >= 11 is 0. The van der Waals surface area contributed by atoms with Gasteiger partial charge in [0.2, 0.25) is 5.91 Å². The SMILES string of the molecule is CCNC(=O)CNc1ccc(N)c(C(=O)OC)c1. The number of benzene rings is 1. The summed E-state index contributed by atoms with van der Waals surface area (Å²) in [5, 5.41) is 5.56. The van der Waals surface area contributed by atoms with Gasteiger partial charge in [-0.2, -0.15) is 0 Å². The van der Waals surface area contributed by atoms with Gasteiger partial charge in [0, 0.05) is 17.9 Å². The number of carbonyl (C=O) groups is 2. The average Bonchev–Trinajstić information content (AvgIpc) is 2.37. The Balaban J connectivity index is 2.73. The summed E-state index contributed by atoms with van der Waals surface area (Å²) in [4.78, 5) is 22.7. The Morgan fingerprint density at radius 1 is 1.39 bits per heavy atom. The summed E-state index contributed by atoms with van der Waals surface area (Å²) in [6.07, 6.45) is 0. The van der Waals surface area contributed by atoms with Gasteiger partial charge in [-0.15, -0.1) is 0 Å².